The normalized spacial score (nSPS) is 11.3. The highest BCUT2D eigenvalue weighted by atomic mass is 32.2. The number of aryl methyl sites for hydroxylation is 2. The standard InChI is InChI=1S/C17H19NO3S2/c1-12-4-9-17(13(2)10-12)22-11-16(19)14-5-7-15(8-6-14)18-23(3,20)21/h4-10,18H,11H2,1-3H3. The van der Waals surface area contributed by atoms with E-state index in [9.17, 15) is 13.2 Å². The number of hydrogen-bond acceptors (Lipinski definition) is 4. The molecule has 0 atom stereocenters. The minimum Gasteiger partial charge on any atom is -0.293 e. The Morgan fingerprint density at radius 1 is 1.09 bits per heavy atom. The fourth-order valence-electron chi connectivity index (χ4n) is 2.13. The summed E-state index contributed by atoms with van der Waals surface area (Å²) >= 11 is 1.51. The lowest BCUT2D eigenvalue weighted by molar-refractivity contribution is 0.102. The third kappa shape index (κ3) is 5.41. The van der Waals surface area contributed by atoms with Crippen molar-refractivity contribution in [2.75, 3.05) is 16.7 Å². The van der Waals surface area contributed by atoms with Crippen LogP contribution in [0.2, 0.25) is 0 Å². The van der Waals surface area contributed by atoms with Crippen LogP contribution in [0, 0.1) is 13.8 Å². The van der Waals surface area contributed by atoms with Gasteiger partial charge in [0, 0.05) is 16.1 Å². The lowest BCUT2D eigenvalue weighted by Crippen LogP contribution is -2.10. The monoisotopic (exact) mass is 349 g/mol. The molecular formula is C17H19NO3S2. The zero-order valence-corrected chi connectivity index (χ0v) is 14.9. The fourth-order valence-corrected chi connectivity index (χ4v) is 3.59. The molecule has 0 aliphatic rings. The average Bonchev–Trinajstić information content (AvgIpc) is 2.45. The van der Waals surface area contributed by atoms with E-state index in [0.29, 0.717) is 17.0 Å². The molecule has 23 heavy (non-hydrogen) atoms. The summed E-state index contributed by atoms with van der Waals surface area (Å²) in [5.74, 6) is 0.365. The zero-order chi connectivity index (χ0) is 17.0. The number of carbonyl (C=O) groups is 1. The maximum absolute atomic E-state index is 12.2. The Bertz CT molecular complexity index is 812. The predicted molar refractivity (Wildman–Crippen MR) is 95.9 cm³/mol. The van der Waals surface area contributed by atoms with Crippen LogP contribution in [0.3, 0.4) is 0 Å². The molecule has 0 saturated carbocycles. The molecule has 6 heteroatoms. The van der Waals surface area contributed by atoms with Crippen LogP contribution in [0.15, 0.2) is 47.4 Å². The number of benzene rings is 2. The Morgan fingerprint density at radius 2 is 1.74 bits per heavy atom. The average molecular weight is 349 g/mol. The minimum absolute atomic E-state index is 0.0147. The number of ketones is 1. The van der Waals surface area contributed by atoms with E-state index in [1.807, 2.05) is 26.0 Å². The number of sulfonamides is 1. The summed E-state index contributed by atoms with van der Waals surface area (Å²) < 4.78 is 24.7. The second kappa shape index (κ2) is 7.19. The van der Waals surface area contributed by atoms with E-state index in [4.69, 9.17) is 0 Å². The molecule has 0 aromatic heterocycles. The van der Waals surface area contributed by atoms with Crippen molar-refractivity contribution in [3.05, 3.63) is 59.2 Å². The highest BCUT2D eigenvalue weighted by molar-refractivity contribution is 8.00. The molecule has 122 valence electrons. The summed E-state index contributed by atoms with van der Waals surface area (Å²) in [6.07, 6.45) is 1.09. The van der Waals surface area contributed by atoms with Crippen LogP contribution in [-0.4, -0.2) is 26.2 Å². The maximum atomic E-state index is 12.2. The number of thioether (sulfide) groups is 1. The van der Waals surface area contributed by atoms with Gasteiger partial charge in [0.05, 0.1) is 12.0 Å². The van der Waals surface area contributed by atoms with Gasteiger partial charge in [-0.2, -0.15) is 0 Å². The predicted octanol–water partition coefficient (Wildman–Crippen LogP) is 3.65. The molecule has 0 radical (unpaired) electrons. The van der Waals surface area contributed by atoms with Crippen molar-refractivity contribution in [1.29, 1.82) is 0 Å². The number of hydrogen-bond donors (Lipinski definition) is 1. The van der Waals surface area contributed by atoms with Crippen LogP contribution in [0.25, 0.3) is 0 Å². The molecule has 0 fully saturated rings. The summed E-state index contributed by atoms with van der Waals surface area (Å²) in [5.41, 5.74) is 3.38. The van der Waals surface area contributed by atoms with Crippen molar-refractivity contribution in [1.82, 2.24) is 0 Å². The Kier molecular flexibility index (Phi) is 5.49. The molecule has 0 amide bonds. The molecule has 2 rings (SSSR count). The van der Waals surface area contributed by atoms with Gasteiger partial charge in [0.25, 0.3) is 0 Å². The van der Waals surface area contributed by atoms with Gasteiger partial charge >= 0.3 is 0 Å². The van der Waals surface area contributed by atoms with Crippen molar-refractivity contribution < 1.29 is 13.2 Å². The third-order valence-corrected chi connectivity index (χ3v) is 4.98. The molecular weight excluding hydrogens is 330 g/mol. The van der Waals surface area contributed by atoms with Crippen molar-refractivity contribution in [3.8, 4) is 0 Å². The van der Waals surface area contributed by atoms with E-state index in [1.165, 1.54) is 17.3 Å². The van der Waals surface area contributed by atoms with Crippen molar-refractivity contribution in [2.24, 2.45) is 0 Å². The highest BCUT2D eigenvalue weighted by Crippen LogP contribution is 2.24. The largest absolute Gasteiger partial charge is 0.293 e. The second-order valence-corrected chi connectivity index (χ2v) is 8.20. The Balaban J connectivity index is 2.00. The van der Waals surface area contributed by atoms with Crippen molar-refractivity contribution in [3.63, 3.8) is 0 Å². The molecule has 0 saturated heterocycles. The topological polar surface area (TPSA) is 63.2 Å². The molecule has 0 unspecified atom stereocenters. The minimum atomic E-state index is -3.30. The molecule has 1 N–H and O–H groups in total. The number of rotatable bonds is 6. The maximum Gasteiger partial charge on any atom is 0.229 e. The molecule has 2 aromatic carbocycles. The lowest BCUT2D eigenvalue weighted by atomic mass is 10.1. The first-order chi connectivity index (χ1) is 10.7. The SMILES string of the molecule is Cc1ccc(SCC(=O)c2ccc(NS(C)(=O)=O)cc2)c(C)c1. The van der Waals surface area contributed by atoms with Crippen LogP contribution >= 0.6 is 11.8 Å². The van der Waals surface area contributed by atoms with E-state index in [-0.39, 0.29) is 5.78 Å². The van der Waals surface area contributed by atoms with Crippen molar-refractivity contribution in [2.45, 2.75) is 18.7 Å². The van der Waals surface area contributed by atoms with Crippen LogP contribution in [0.5, 0.6) is 0 Å². The first-order valence-electron chi connectivity index (χ1n) is 7.06. The van der Waals surface area contributed by atoms with Crippen LogP contribution < -0.4 is 4.72 Å². The summed E-state index contributed by atoms with van der Waals surface area (Å²) in [6, 6.07) is 12.6. The first kappa shape index (κ1) is 17.6. The number of anilines is 1. The third-order valence-electron chi connectivity index (χ3n) is 3.20. The number of nitrogens with one attached hydrogen (secondary N) is 1. The van der Waals surface area contributed by atoms with E-state index < -0.39 is 10.0 Å². The first-order valence-corrected chi connectivity index (χ1v) is 9.93. The van der Waals surface area contributed by atoms with Crippen LogP contribution in [0.1, 0.15) is 21.5 Å². The molecule has 0 aliphatic carbocycles. The van der Waals surface area contributed by atoms with E-state index in [2.05, 4.69) is 10.8 Å². The van der Waals surface area contributed by atoms with Gasteiger partial charge in [0.2, 0.25) is 10.0 Å². The Labute approximate surface area is 141 Å². The molecule has 0 spiro atoms. The Morgan fingerprint density at radius 3 is 2.30 bits per heavy atom. The molecule has 0 aliphatic heterocycles. The van der Waals surface area contributed by atoms with E-state index in [0.717, 1.165) is 16.7 Å². The van der Waals surface area contributed by atoms with Gasteiger partial charge in [0.1, 0.15) is 0 Å². The van der Waals surface area contributed by atoms with Gasteiger partial charge in [-0.1, -0.05) is 17.7 Å². The zero-order valence-electron chi connectivity index (χ0n) is 13.3. The Hall–Kier alpha value is -1.79. The van der Waals surface area contributed by atoms with Gasteiger partial charge in [0.15, 0.2) is 5.78 Å². The molecule has 2 aromatic rings. The van der Waals surface area contributed by atoms with Gasteiger partial charge in [-0.3, -0.25) is 9.52 Å². The number of carbonyl (C=O) groups excluding carboxylic acids is 1. The summed E-state index contributed by atoms with van der Waals surface area (Å²) in [5, 5.41) is 0. The number of Topliss-reactive ketones (excluding diaryl/α,β-unsaturated/α-hetero) is 1. The molecule has 0 heterocycles. The summed E-state index contributed by atoms with van der Waals surface area (Å²) in [6.45, 7) is 4.07. The van der Waals surface area contributed by atoms with Crippen molar-refractivity contribution >= 4 is 33.3 Å². The van der Waals surface area contributed by atoms with Gasteiger partial charge in [-0.25, -0.2) is 8.42 Å². The smallest absolute Gasteiger partial charge is 0.229 e. The van der Waals surface area contributed by atoms with E-state index in [1.54, 1.807) is 24.3 Å². The van der Waals surface area contributed by atoms with Gasteiger partial charge in [-0.05, 0) is 49.7 Å². The van der Waals surface area contributed by atoms with Crippen LogP contribution in [0.4, 0.5) is 5.69 Å². The van der Waals surface area contributed by atoms with Gasteiger partial charge in [-0.15, -0.1) is 11.8 Å². The summed E-state index contributed by atoms with van der Waals surface area (Å²) in [4.78, 5) is 13.3. The molecule has 4 nitrogen and oxygen atoms in total. The highest BCUT2D eigenvalue weighted by Gasteiger charge is 2.09. The second-order valence-electron chi connectivity index (χ2n) is 5.43. The fraction of sp³-hybridized carbons (Fsp3) is 0.235. The summed E-state index contributed by atoms with van der Waals surface area (Å²) in [7, 11) is -3.30. The molecule has 0 bridgehead atoms. The van der Waals surface area contributed by atoms with Crippen LogP contribution in [-0.2, 0) is 10.0 Å². The van der Waals surface area contributed by atoms with E-state index >= 15 is 0 Å². The lowest BCUT2D eigenvalue weighted by Gasteiger charge is -2.07. The quantitative estimate of drug-likeness (QED) is 0.639. The van der Waals surface area contributed by atoms with Gasteiger partial charge < -0.3 is 0 Å².